The van der Waals surface area contributed by atoms with Gasteiger partial charge in [-0.05, 0) is 60.4 Å². The van der Waals surface area contributed by atoms with E-state index in [4.69, 9.17) is 13.9 Å². The molecule has 1 heterocycles. The highest BCUT2D eigenvalue weighted by molar-refractivity contribution is 5.92. The van der Waals surface area contributed by atoms with E-state index in [1.54, 1.807) is 18.2 Å². The fraction of sp³-hybridized carbons (Fsp3) is 0.185. The van der Waals surface area contributed by atoms with Crippen molar-refractivity contribution in [3.05, 3.63) is 94.3 Å². The van der Waals surface area contributed by atoms with Crippen molar-refractivity contribution in [1.29, 1.82) is 0 Å². The third-order valence-corrected chi connectivity index (χ3v) is 5.29. The predicted octanol–water partition coefficient (Wildman–Crippen LogP) is 5.73. The molecule has 0 aliphatic carbocycles. The smallest absolute Gasteiger partial charge is 0.262 e. The first kappa shape index (κ1) is 22.1. The van der Waals surface area contributed by atoms with Gasteiger partial charge in [0.05, 0.1) is 5.39 Å². The molecule has 0 saturated heterocycles. The largest absolute Gasteiger partial charge is 0.484 e. The lowest BCUT2D eigenvalue weighted by atomic mass is 10.1. The van der Waals surface area contributed by atoms with Crippen molar-refractivity contribution >= 4 is 22.6 Å². The molecule has 0 aliphatic heterocycles. The maximum Gasteiger partial charge on any atom is 0.262 e. The lowest BCUT2D eigenvalue weighted by Crippen LogP contribution is -2.20. The summed E-state index contributed by atoms with van der Waals surface area (Å²) in [7, 11) is 0. The molecule has 0 unspecified atom stereocenters. The van der Waals surface area contributed by atoms with Crippen LogP contribution in [0.5, 0.6) is 17.2 Å². The number of benzene rings is 3. The Morgan fingerprint density at radius 2 is 1.52 bits per heavy atom. The van der Waals surface area contributed by atoms with E-state index in [9.17, 15) is 9.59 Å². The second kappa shape index (κ2) is 10.0. The van der Waals surface area contributed by atoms with Crippen molar-refractivity contribution in [3.8, 4) is 17.2 Å². The van der Waals surface area contributed by atoms with Crippen molar-refractivity contribution in [3.63, 3.8) is 0 Å². The molecule has 6 heteroatoms. The van der Waals surface area contributed by atoms with Crippen molar-refractivity contribution in [2.45, 2.75) is 26.7 Å². The maximum absolute atomic E-state index is 12.8. The number of aryl methyl sites for hydroxylation is 2. The highest BCUT2D eigenvalue weighted by Crippen LogP contribution is 2.24. The predicted molar refractivity (Wildman–Crippen MR) is 128 cm³/mol. The van der Waals surface area contributed by atoms with Gasteiger partial charge in [0.15, 0.2) is 6.61 Å². The van der Waals surface area contributed by atoms with Crippen LogP contribution >= 0.6 is 0 Å². The van der Waals surface area contributed by atoms with E-state index < -0.39 is 0 Å². The Morgan fingerprint density at radius 3 is 2.18 bits per heavy atom. The molecule has 1 N–H and O–H groups in total. The first-order valence-electron chi connectivity index (χ1n) is 10.9. The van der Waals surface area contributed by atoms with Crippen LogP contribution in [0.15, 0.2) is 82.2 Å². The Hall–Kier alpha value is -4.06. The van der Waals surface area contributed by atoms with Gasteiger partial charge < -0.3 is 19.2 Å². The number of hydrogen-bond acceptors (Lipinski definition) is 5. The van der Waals surface area contributed by atoms with Crippen molar-refractivity contribution in [2.24, 2.45) is 0 Å². The molecule has 0 fully saturated rings. The number of carbonyl (C=O) groups is 1. The molecule has 6 nitrogen and oxygen atoms in total. The third-order valence-electron chi connectivity index (χ3n) is 5.29. The van der Waals surface area contributed by atoms with Gasteiger partial charge in [-0.2, -0.15) is 0 Å². The van der Waals surface area contributed by atoms with Crippen LogP contribution in [-0.4, -0.2) is 12.5 Å². The standard InChI is InChI=1S/C27H25NO5/c1-3-18-5-9-20(10-6-18)28-26(29)17-31-22-13-14-23-24(15-22)32-16-25(27(23)30)33-21-11-7-19(4-2)8-12-21/h5-16H,3-4,17H2,1-2H3,(H,28,29). The Balaban J connectivity index is 1.41. The van der Waals surface area contributed by atoms with Crippen LogP contribution in [0.4, 0.5) is 5.69 Å². The zero-order chi connectivity index (χ0) is 23.2. The van der Waals surface area contributed by atoms with Crippen LogP contribution in [0.3, 0.4) is 0 Å². The fourth-order valence-electron chi connectivity index (χ4n) is 3.34. The fourth-order valence-corrected chi connectivity index (χ4v) is 3.34. The second-order valence-corrected chi connectivity index (χ2v) is 7.57. The van der Waals surface area contributed by atoms with Gasteiger partial charge in [-0.25, -0.2) is 0 Å². The van der Waals surface area contributed by atoms with Gasteiger partial charge in [0.2, 0.25) is 11.2 Å². The van der Waals surface area contributed by atoms with E-state index >= 15 is 0 Å². The number of nitrogens with one attached hydrogen (secondary N) is 1. The molecular weight excluding hydrogens is 418 g/mol. The normalized spacial score (nSPS) is 10.7. The average molecular weight is 443 g/mol. The van der Waals surface area contributed by atoms with Gasteiger partial charge >= 0.3 is 0 Å². The maximum atomic E-state index is 12.8. The van der Waals surface area contributed by atoms with E-state index in [-0.39, 0.29) is 23.7 Å². The summed E-state index contributed by atoms with van der Waals surface area (Å²) in [5.74, 6) is 0.813. The lowest BCUT2D eigenvalue weighted by Gasteiger charge is -2.09. The number of rotatable bonds is 8. The first-order chi connectivity index (χ1) is 16.1. The van der Waals surface area contributed by atoms with Crippen LogP contribution < -0.4 is 20.2 Å². The molecule has 4 aromatic rings. The number of hydrogen-bond donors (Lipinski definition) is 1. The van der Waals surface area contributed by atoms with Gasteiger partial charge in [0.1, 0.15) is 23.3 Å². The summed E-state index contributed by atoms with van der Waals surface area (Å²) in [6, 6.07) is 20.0. The molecule has 0 spiro atoms. The van der Waals surface area contributed by atoms with Gasteiger partial charge in [-0.3, -0.25) is 9.59 Å². The van der Waals surface area contributed by atoms with E-state index in [2.05, 4.69) is 19.2 Å². The molecule has 0 bridgehead atoms. The first-order valence-corrected chi connectivity index (χ1v) is 10.9. The number of carbonyl (C=O) groups excluding carboxylic acids is 1. The molecule has 1 amide bonds. The van der Waals surface area contributed by atoms with E-state index in [0.717, 1.165) is 12.8 Å². The summed E-state index contributed by atoms with van der Waals surface area (Å²) in [5.41, 5.74) is 3.16. The summed E-state index contributed by atoms with van der Waals surface area (Å²) in [4.78, 5) is 25.0. The molecule has 0 saturated carbocycles. The summed E-state index contributed by atoms with van der Waals surface area (Å²) in [6.45, 7) is 3.98. The molecule has 0 atom stereocenters. The summed E-state index contributed by atoms with van der Waals surface area (Å²) < 4.78 is 16.9. The van der Waals surface area contributed by atoms with Crippen molar-refractivity contribution < 1.29 is 18.7 Å². The van der Waals surface area contributed by atoms with Crippen LogP contribution in [-0.2, 0) is 17.6 Å². The Morgan fingerprint density at radius 1 is 0.879 bits per heavy atom. The van der Waals surface area contributed by atoms with Crippen LogP contribution in [0.1, 0.15) is 25.0 Å². The lowest BCUT2D eigenvalue weighted by molar-refractivity contribution is -0.118. The van der Waals surface area contributed by atoms with Crippen molar-refractivity contribution in [1.82, 2.24) is 0 Å². The van der Waals surface area contributed by atoms with Crippen molar-refractivity contribution in [2.75, 3.05) is 11.9 Å². The molecular formula is C27H25NO5. The topological polar surface area (TPSA) is 77.8 Å². The molecule has 33 heavy (non-hydrogen) atoms. The Bertz CT molecular complexity index is 1310. The third kappa shape index (κ3) is 5.41. The quantitative estimate of drug-likeness (QED) is 0.376. The molecule has 1 aromatic heterocycles. The summed E-state index contributed by atoms with van der Waals surface area (Å²) >= 11 is 0. The second-order valence-electron chi connectivity index (χ2n) is 7.57. The van der Waals surface area contributed by atoms with Gasteiger partial charge in [0, 0.05) is 11.8 Å². The Kier molecular flexibility index (Phi) is 6.74. The molecule has 0 aliphatic rings. The molecule has 3 aromatic carbocycles. The van der Waals surface area contributed by atoms with Gasteiger partial charge in [0.25, 0.3) is 5.91 Å². The molecule has 4 rings (SSSR count). The number of anilines is 1. The zero-order valence-electron chi connectivity index (χ0n) is 18.6. The highest BCUT2D eigenvalue weighted by atomic mass is 16.5. The van der Waals surface area contributed by atoms with E-state index in [1.807, 2.05) is 48.5 Å². The number of amides is 1. The van der Waals surface area contributed by atoms with E-state index in [0.29, 0.717) is 28.2 Å². The Labute approximate surface area is 191 Å². The average Bonchev–Trinajstić information content (AvgIpc) is 2.85. The van der Waals surface area contributed by atoms with Gasteiger partial charge in [-0.1, -0.05) is 38.1 Å². The van der Waals surface area contributed by atoms with Gasteiger partial charge in [-0.15, -0.1) is 0 Å². The molecule has 168 valence electrons. The minimum atomic E-state index is -0.282. The molecule has 0 radical (unpaired) electrons. The van der Waals surface area contributed by atoms with Crippen LogP contribution in [0.2, 0.25) is 0 Å². The SMILES string of the molecule is CCc1ccc(NC(=O)COc2ccc3c(=O)c(Oc4ccc(CC)cc4)coc3c2)cc1. The minimum Gasteiger partial charge on any atom is -0.484 e. The summed E-state index contributed by atoms with van der Waals surface area (Å²) in [6.07, 6.45) is 3.15. The number of fused-ring (bicyclic) bond motifs is 1. The highest BCUT2D eigenvalue weighted by Gasteiger charge is 2.11. The van der Waals surface area contributed by atoms with Crippen LogP contribution in [0, 0.1) is 0 Å². The van der Waals surface area contributed by atoms with Crippen LogP contribution in [0.25, 0.3) is 11.0 Å². The monoisotopic (exact) mass is 443 g/mol. The number of ether oxygens (including phenoxy) is 2. The summed E-state index contributed by atoms with van der Waals surface area (Å²) in [5, 5.41) is 3.16. The van der Waals surface area contributed by atoms with E-state index in [1.165, 1.54) is 17.4 Å². The minimum absolute atomic E-state index is 0.105. The zero-order valence-corrected chi connectivity index (χ0v) is 18.6.